The lowest BCUT2D eigenvalue weighted by Gasteiger charge is -2.24. The molecule has 0 radical (unpaired) electrons. The Labute approximate surface area is 167 Å². The smallest absolute Gasteiger partial charge is 0.416 e. The van der Waals surface area contributed by atoms with Gasteiger partial charge < -0.3 is 10.1 Å². The first-order chi connectivity index (χ1) is 13.4. The Bertz CT molecular complexity index is 960. The first-order valence-electron chi connectivity index (χ1n) is 8.50. The van der Waals surface area contributed by atoms with Crippen LogP contribution in [0.3, 0.4) is 0 Å². The summed E-state index contributed by atoms with van der Waals surface area (Å²) in [5, 5.41) is 2.67. The SMILES string of the molecule is COc1ccccc1[C@@H](C)NC(=O)CN(c1ccc(C(F)(F)F)cc1)S(C)(=O)=O. The van der Waals surface area contributed by atoms with Crippen LogP contribution in [-0.4, -0.2) is 34.2 Å². The monoisotopic (exact) mass is 430 g/mol. The van der Waals surface area contributed by atoms with Crippen molar-refractivity contribution in [1.82, 2.24) is 5.32 Å². The Kier molecular flexibility index (Phi) is 6.78. The third-order valence-electron chi connectivity index (χ3n) is 4.15. The summed E-state index contributed by atoms with van der Waals surface area (Å²) >= 11 is 0. The molecular weight excluding hydrogens is 409 g/mol. The fraction of sp³-hybridized carbons (Fsp3) is 0.316. The van der Waals surface area contributed by atoms with E-state index < -0.39 is 40.3 Å². The fourth-order valence-corrected chi connectivity index (χ4v) is 3.59. The van der Waals surface area contributed by atoms with Crippen molar-refractivity contribution in [3.8, 4) is 5.75 Å². The number of rotatable bonds is 7. The van der Waals surface area contributed by atoms with Gasteiger partial charge in [-0.2, -0.15) is 13.2 Å². The second-order valence-electron chi connectivity index (χ2n) is 6.35. The van der Waals surface area contributed by atoms with Crippen molar-refractivity contribution < 1.29 is 31.1 Å². The average molecular weight is 430 g/mol. The molecule has 6 nitrogen and oxygen atoms in total. The van der Waals surface area contributed by atoms with Crippen LogP contribution >= 0.6 is 0 Å². The van der Waals surface area contributed by atoms with E-state index in [-0.39, 0.29) is 5.69 Å². The van der Waals surface area contributed by atoms with Gasteiger partial charge in [-0.3, -0.25) is 9.10 Å². The van der Waals surface area contributed by atoms with Crippen molar-refractivity contribution in [2.75, 3.05) is 24.2 Å². The summed E-state index contributed by atoms with van der Waals surface area (Å²) in [6.45, 7) is 1.13. The highest BCUT2D eigenvalue weighted by Crippen LogP contribution is 2.31. The summed E-state index contributed by atoms with van der Waals surface area (Å²) in [6, 6.07) is 10.1. The quantitative estimate of drug-likeness (QED) is 0.731. The molecule has 158 valence electrons. The minimum atomic E-state index is -4.55. The molecule has 0 aliphatic rings. The summed E-state index contributed by atoms with van der Waals surface area (Å²) in [5.41, 5.74) is -0.256. The van der Waals surface area contributed by atoms with Crippen LogP contribution < -0.4 is 14.4 Å². The molecule has 0 aliphatic carbocycles. The molecule has 29 heavy (non-hydrogen) atoms. The van der Waals surface area contributed by atoms with Gasteiger partial charge in [-0.1, -0.05) is 18.2 Å². The number of anilines is 1. The lowest BCUT2D eigenvalue weighted by atomic mass is 10.1. The maximum absolute atomic E-state index is 12.7. The third kappa shape index (κ3) is 5.86. The van der Waals surface area contributed by atoms with Gasteiger partial charge in [0.25, 0.3) is 0 Å². The zero-order valence-corrected chi connectivity index (χ0v) is 16.8. The maximum Gasteiger partial charge on any atom is 0.416 e. The Balaban J connectivity index is 2.19. The molecule has 1 N–H and O–H groups in total. The van der Waals surface area contributed by atoms with Gasteiger partial charge in [0.05, 0.1) is 30.7 Å². The van der Waals surface area contributed by atoms with Gasteiger partial charge in [-0.25, -0.2) is 8.42 Å². The van der Waals surface area contributed by atoms with Crippen LogP contribution in [-0.2, 0) is 21.0 Å². The van der Waals surface area contributed by atoms with Gasteiger partial charge in [0.15, 0.2) is 0 Å². The molecule has 0 bridgehead atoms. The summed E-state index contributed by atoms with van der Waals surface area (Å²) < 4.78 is 68.4. The minimum absolute atomic E-state index is 0.0411. The lowest BCUT2D eigenvalue weighted by Crippen LogP contribution is -2.41. The van der Waals surface area contributed by atoms with Crippen LogP contribution in [0.15, 0.2) is 48.5 Å². The summed E-state index contributed by atoms with van der Waals surface area (Å²) in [6.07, 6.45) is -3.67. The number of sulfonamides is 1. The number of para-hydroxylation sites is 1. The molecule has 0 fully saturated rings. The summed E-state index contributed by atoms with van der Waals surface area (Å²) in [7, 11) is -2.42. The Morgan fingerprint density at radius 3 is 2.24 bits per heavy atom. The predicted octanol–water partition coefficient (Wildman–Crippen LogP) is 3.36. The van der Waals surface area contributed by atoms with Crippen LogP contribution in [0.2, 0.25) is 0 Å². The number of carbonyl (C=O) groups excluding carboxylic acids is 1. The summed E-state index contributed by atoms with van der Waals surface area (Å²) in [4.78, 5) is 12.4. The molecule has 1 atom stereocenters. The van der Waals surface area contributed by atoms with Crippen molar-refractivity contribution in [2.45, 2.75) is 19.1 Å². The molecule has 0 unspecified atom stereocenters. The van der Waals surface area contributed by atoms with Crippen LogP contribution in [0.5, 0.6) is 5.75 Å². The summed E-state index contributed by atoms with van der Waals surface area (Å²) in [5.74, 6) is -0.0586. The molecule has 0 aliphatic heterocycles. The van der Waals surface area contributed by atoms with E-state index in [1.165, 1.54) is 7.11 Å². The van der Waals surface area contributed by atoms with Crippen LogP contribution in [0, 0.1) is 0 Å². The van der Waals surface area contributed by atoms with Crippen LogP contribution in [0.25, 0.3) is 0 Å². The van der Waals surface area contributed by atoms with E-state index in [9.17, 15) is 26.4 Å². The molecule has 2 rings (SSSR count). The van der Waals surface area contributed by atoms with Crippen molar-refractivity contribution in [3.63, 3.8) is 0 Å². The average Bonchev–Trinajstić information content (AvgIpc) is 2.64. The number of nitrogens with one attached hydrogen (secondary N) is 1. The Morgan fingerprint density at radius 1 is 1.14 bits per heavy atom. The van der Waals surface area contributed by atoms with E-state index >= 15 is 0 Å². The van der Waals surface area contributed by atoms with Crippen LogP contribution in [0.4, 0.5) is 18.9 Å². The number of nitrogens with zero attached hydrogens (tertiary/aromatic N) is 1. The molecule has 0 saturated heterocycles. The fourth-order valence-electron chi connectivity index (χ4n) is 2.74. The topological polar surface area (TPSA) is 75.7 Å². The standard InChI is InChI=1S/C19H21F3N2O4S/c1-13(16-6-4-5-7-17(16)28-2)23-18(25)12-24(29(3,26)27)15-10-8-14(9-11-15)19(20,21)22/h4-11,13H,12H2,1-3H3,(H,23,25)/t13-/m1/s1. The highest BCUT2D eigenvalue weighted by Gasteiger charge is 2.31. The number of amides is 1. The molecule has 10 heteroatoms. The van der Waals surface area contributed by atoms with Gasteiger partial charge >= 0.3 is 6.18 Å². The molecule has 2 aromatic carbocycles. The predicted molar refractivity (Wildman–Crippen MR) is 103 cm³/mol. The highest BCUT2D eigenvalue weighted by atomic mass is 32.2. The molecule has 0 aromatic heterocycles. The van der Waals surface area contributed by atoms with Crippen molar-refractivity contribution in [3.05, 3.63) is 59.7 Å². The molecular formula is C19H21F3N2O4S. The molecule has 1 amide bonds. The van der Waals surface area contributed by atoms with Gasteiger partial charge in [0.1, 0.15) is 12.3 Å². The number of halogens is 3. The van der Waals surface area contributed by atoms with Crippen molar-refractivity contribution in [1.29, 1.82) is 0 Å². The highest BCUT2D eigenvalue weighted by molar-refractivity contribution is 7.92. The number of alkyl halides is 3. The van der Waals surface area contributed by atoms with E-state index in [4.69, 9.17) is 4.74 Å². The number of hydrogen-bond acceptors (Lipinski definition) is 4. The first kappa shape index (κ1) is 22.5. The Morgan fingerprint density at radius 2 is 1.72 bits per heavy atom. The maximum atomic E-state index is 12.7. The minimum Gasteiger partial charge on any atom is -0.496 e. The van der Waals surface area contributed by atoms with E-state index in [2.05, 4.69) is 5.32 Å². The van der Waals surface area contributed by atoms with Gasteiger partial charge in [0.2, 0.25) is 15.9 Å². The molecule has 0 spiro atoms. The second kappa shape index (κ2) is 8.73. The van der Waals surface area contributed by atoms with E-state index in [1.54, 1.807) is 31.2 Å². The Hall–Kier alpha value is -2.75. The number of hydrogen-bond donors (Lipinski definition) is 1. The van der Waals surface area contributed by atoms with E-state index in [0.717, 1.165) is 34.8 Å². The zero-order chi connectivity index (χ0) is 21.8. The molecule has 0 heterocycles. The van der Waals surface area contributed by atoms with Gasteiger partial charge in [0, 0.05) is 5.56 Å². The second-order valence-corrected chi connectivity index (χ2v) is 8.25. The van der Waals surface area contributed by atoms with E-state index in [0.29, 0.717) is 11.3 Å². The first-order valence-corrected chi connectivity index (χ1v) is 10.4. The number of ether oxygens (including phenoxy) is 1. The zero-order valence-electron chi connectivity index (χ0n) is 16.0. The van der Waals surface area contributed by atoms with Crippen molar-refractivity contribution >= 4 is 21.6 Å². The number of carbonyl (C=O) groups is 1. The number of methoxy groups -OCH3 is 1. The number of benzene rings is 2. The van der Waals surface area contributed by atoms with Crippen LogP contribution in [0.1, 0.15) is 24.1 Å². The molecule has 0 saturated carbocycles. The largest absolute Gasteiger partial charge is 0.496 e. The molecule has 2 aromatic rings. The van der Waals surface area contributed by atoms with E-state index in [1.807, 2.05) is 0 Å². The van der Waals surface area contributed by atoms with Crippen molar-refractivity contribution in [2.24, 2.45) is 0 Å². The lowest BCUT2D eigenvalue weighted by molar-refractivity contribution is -0.137. The van der Waals surface area contributed by atoms with Gasteiger partial charge in [-0.15, -0.1) is 0 Å². The van der Waals surface area contributed by atoms with Gasteiger partial charge in [-0.05, 0) is 37.3 Å². The normalized spacial score (nSPS) is 12.9. The third-order valence-corrected chi connectivity index (χ3v) is 5.29.